The van der Waals surface area contributed by atoms with Crippen molar-refractivity contribution in [2.24, 2.45) is 17.5 Å². The number of carbonyl (C=O) groups is 1. The van der Waals surface area contributed by atoms with Crippen LogP contribution in [0.4, 0.5) is 25.3 Å². The summed E-state index contributed by atoms with van der Waals surface area (Å²) in [4.78, 5) is 23.9. The van der Waals surface area contributed by atoms with Gasteiger partial charge in [-0.3, -0.25) is 14.1 Å². The molecule has 1 aromatic carbocycles. The Hall–Kier alpha value is -4.14. The fraction of sp³-hybridized carbons (Fsp3) is 0.357. The first kappa shape index (κ1) is 30.8. The normalized spacial score (nSPS) is 12.6. The van der Waals surface area contributed by atoms with Crippen LogP contribution in [0.3, 0.4) is 0 Å². The maximum absolute atomic E-state index is 13.9. The van der Waals surface area contributed by atoms with E-state index < -0.39 is 17.5 Å². The lowest BCUT2D eigenvalue weighted by atomic mass is 10.1. The van der Waals surface area contributed by atoms with Crippen LogP contribution in [-0.2, 0) is 11.3 Å². The van der Waals surface area contributed by atoms with Gasteiger partial charge in [0, 0.05) is 25.5 Å². The van der Waals surface area contributed by atoms with Crippen molar-refractivity contribution in [3.8, 4) is 0 Å². The van der Waals surface area contributed by atoms with Gasteiger partial charge in [0.2, 0.25) is 5.91 Å². The van der Waals surface area contributed by atoms with Crippen molar-refractivity contribution in [3.63, 3.8) is 0 Å². The highest BCUT2D eigenvalue weighted by molar-refractivity contribution is 7.10. The van der Waals surface area contributed by atoms with E-state index in [-0.39, 0.29) is 17.9 Å². The third-order valence-corrected chi connectivity index (χ3v) is 7.41. The molecular weight excluding hydrogens is 562 g/mol. The number of nitrogens with two attached hydrogens (primary N) is 2. The zero-order chi connectivity index (χ0) is 30.4. The number of benzene rings is 1. The third kappa shape index (κ3) is 7.57. The van der Waals surface area contributed by atoms with Crippen LogP contribution in [0.25, 0.3) is 11.3 Å². The number of rotatable bonds is 13. The quantitative estimate of drug-likeness (QED) is 0.130. The predicted molar refractivity (Wildman–Crippen MR) is 162 cm³/mol. The molecule has 6 N–H and O–H groups in total. The maximum atomic E-state index is 13.9. The molecule has 3 heterocycles. The molecule has 0 saturated heterocycles. The fourth-order valence-corrected chi connectivity index (χ4v) is 4.98. The number of imidazole rings is 1. The van der Waals surface area contributed by atoms with E-state index in [0.717, 1.165) is 47.8 Å². The van der Waals surface area contributed by atoms with Crippen LogP contribution in [0.15, 0.2) is 42.9 Å². The highest BCUT2D eigenvalue weighted by Gasteiger charge is 2.16. The number of fused-ring (bicyclic) bond motifs is 1. The number of nitrogens with zero attached hydrogens (tertiary/aromatic N) is 6. The van der Waals surface area contributed by atoms with Gasteiger partial charge >= 0.3 is 0 Å². The second kappa shape index (κ2) is 13.7. The summed E-state index contributed by atoms with van der Waals surface area (Å²) in [5.74, 6) is 4.27. The summed E-state index contributed by atoms with van der Waals surface area (Å²) in [6, 6.07) is 5.53. The van der Waals surface area contributed by atoms with Gasteiger partial charge in [0.05, 0.1) is 34.7 Å². The Balaban J connectivity index is 1.47. The van der Waals surface area contributed by atoms with E-state index >= 15 is 0 Å². The lowest BCUT2D eigenvalue weighted by Crippen LogP contribution is -2.35. The lowest BCUT2D eigenvalue weighted by Gasteiger charge is -2.22. The molecule has 0 aliphatic carbocycles. The molecule has 224 valence electrons. The average molecular weight is 599 g/mol. The second-order valence-electron chi connectivity index (χ2n) is 10.1. The molecule has 0 bridgehead atoms. The molecule has 0 aliphatic rings. The van der Waals surface area contributed by atoms with Crippen molar-refractivity contribution >= 4 is 45.3 Å². The number of hydrogen-bond acceptors (Lipinski definition) is 10. The fourth-order valence-electron chi connectivity index (χ4n) is 4.32. The molecule has 11 nitrogen and oxygen atoms in total. The highest BCUT2D eigenvalue weighted by atomic mass is 32.1. The van der Waals surface area contributed by atoms with E-state index in [2.05, 4.69) is 50.6 Å². The van der Waals surface area contributed by atoms with Gasteiger partial charge in [-0.2, -0.15) is 4.37 Å². The summed E-state index contributed by atoms with van der Waals surface area (Å²) in [6.07, 6.45) is 5.87. The molecule has 3 aromatic heterocycles. The van der Waals surface area contributed by atoms with Gasteiger partial charge in [-0.15, -0.1) is 0 Å². The standard InChI is InChI=1S/C28H36F2N10OS/c1-5-17(3)12-38(6-2)14-19-10-25(42-37-19)36-27-28-33-11-23(40(28)13-18(4)34-27)21(31)15-39(32)16-24(41)35-22-9-7-8-20(29)26(22)30/h7-11,13,15,17H,5-6,12,14,16,31-32H2,1-4H3,(H,34,36)(H,35,41)/b21-15-. The first-order valence-corrected chi connectivity index (χ1v) is 14.4. The summed E-state index contributed by atoms with van der Waals surface area (Å²) in [5.41, 5.74) is 9.04. The number of nitrogens with one attached hydrogen (secondary N) is 2. The van der Waals surface area contributed by atoms with Crippen molar-refractivity contribution in [2.75, 3.05) is 30.3 Å². The van der Waals surface area contributed by atoms with Crippen LogP contribution in [0.5, 0.6) is 0 Å². The smallest absolute Gasteiger partial charge is 0.245 e. The summed E-state index contributed by atoms with van der Waals surface area (Å²) in [5, 5.41) is 7.53. The molecule has 1 atom stereocenters. The van der Waals surface area contributed by atoms with Gasteiger partial charge in [0.15, 0.2) is 23.1 Å². The molecule has 0 fully saturated rings. The number of halogens is 2. The largest absolute Gasteiger partial charge is 0.396 e. The van der Waals surface area contributed by atoms with Gasteiger partial charge in [-0.25, -0.2) is 24.6 Å². The van der Waals surface area contributed by atoms with Crippen molar-refractivity contribution in [1.82, 2.24) is 28.7 Å². The summed E-state index contributed by atoms with van der Waals surface area (Å²) in [7, 11) is 0. The van der Waals surface area contributed by atoms with Crippen LogP contribution >= 0.6 is 11.5 Å². The van der Waals surface area contributed by atoms with Gasteiger partial charge in [-0.1, -0.05) is 33.3 Å². The van der Waals surface area contributed by atoms with Gasteiger partial charge in [0.1, 0.15) is 11.5 Å². The Kier molecular flexibility index (Phi) is 10.0. The van der Waals surface area contributed by atoms with Gasteiger partial charge in [-0.05, 0) is 49.1 Å². The minimum absolute atomic E-state index is 0.229. The molecule has 42 heavy (non-hydrogen) atoms. The first-order chi connectivity index (χ1) is 20.1. The monoisotopic (exact) mass is 598 g/mol. The van der Waals surface area contributed by atoms with Crippen molar-refractivity contribution < 1.29 is 13.6 Å². The number of aryl methyl sites for hydroxylation is 1. The Bertz CT molecular complexity index is 1570. The van der Waals surface area contributed by atoms with Crippen molar-refractivity contribution in [3.05, 3.63) is 71.6 Å². The number of hydrogen-bond donors (Lipinski definition) is 4. The molecule has 0 radical (unpaired) electrons. The Morgan fingerprint density at radius 2 is 2.07 bits per heavy atom. The van der Waals surface area contributed by atoms with Crippen molar-refractivity contribution in [1.29, 1.82) is 0 Å². The van der Waals surface area contributed by atoms with Gasteiger partial charge < -0.3 is 21.4 Å². The van der Waals surface area contributed by atoms with E-state index in [0.29, 0.717) is 28.8 Å². The molecule has 4 aromatic rings. The molecule has 0 saturated carbocycles. The van der Waals surface area contributed by atoms with E-state index in [1.807, 2.05) is 13.0 Å². The molecule has 0 spiro atoms. The highest BCUT2D eigenvalue weighted by Crippen LogP contribution is 2.26. The van der Waals surface area contributed by atoms with Gasteiger partial charge in [0.25, 0.3) is 0 Å². The molecule has 14 heteroatoms. The topological polar surface area (TPSA) is 143 Å². The second-order valence-corrected chi connectivity index (χ2v) is 10.9. The number of anilines is 3. The average Bonchev–Trinajstić information content (AvgIpc) is 3.57. The minimum atomic E-state index is -1.15. The predicted octanol–water partition coefficient (Wildman–Crippen LogP) is 4.46. The van der Waals surface area contributed by atoms with E-state index in [1.165, 1.54) is 29.9 Å². The third-order valence-electron chi connectivity index (χ3n) is 6.67. The molecule has 1 unspecified atom stereocenters. The zero-order valence-electron chi connectivity index (χ0n) is 24.1. The van der Waals surface area contributed by atoms with Crippen LogP contribution in [0.1, 0.15) is 44.3 Å². The van der Waals surface area contributed by atoms with Crippen LogP contribution in [0.2, 0.25) is 0 Å². The SMILES string of the molecule is CCC(C)CN(CC)Cc1cc(Nc2nc(C)cn3c(/C(N)=C/N(N)CC(=O)Nc4cccc(F)c4F)cnc23)sn1. The van der Waals surface area contributed by atoms with Crippen LogP contribution < -0.4 is 22.2 Å². The number of amides is 1. The summed E-state index contributed by atoms with van der Waals surface area (Å²) in [6.45, 7) is 10.9. The van der Waals surface area contributed by atoms with E-state index in [1.54, 1.807) is 16.8 Å². The first-order valence-electron chi connectivity index (χ1n) is 13.6. The maximum Gasteiger partial charge on any atom is 0.245 e. The summed E-state index contributed by atoms with van der Waals surface area (Å²) < 4.78 is 33.7. The van der Waals surface area contributed by atoms with E-state index in [4.69, 9.17) is 11.6 Å². The van der Waals surface area contributed by atoms with Crippen molar-refractivity contribution in [2.45, 2.75) is 40.7 Å². The Morgan fingerprint density at radius 3 is 2.81 bits per heavy atom. The molecule has 1 amide bonds. The summed E-state index contributed by atoms with van der Waals surface area (Å²) >= 11 is 1.36. The number of aromatic nitrogens is 4. The lowest BCUT2D eigenvalue weighted by molar-refractivity contribution is -0.116. The Labute approximate surface area is 247 Å². The zero-order valence-corrected chi connectivity index (χ0v) is 24.9. The van der Waals surface area contributed by atoms with Crippen LogP contribution in [-0.4, -0.2) is 54.2 Å². The minimum Gasteiger partial charge on any atom is -0.396 e. The number of carbonyl (C=O) groups excluding carboxylic acids is 1. The Morgan fingerprint density at radius 1 is 1.29 bits per heavy atom. The molecule has 4 rings (SSSR count). The van der Waals surface area contributed by atoms with Crippen LogP contribution in [0, 0.1) is 24.5 Å². The molecular formula is C28H36F2N10OS. The molecule has 0 aliphatic heterocycles. The van der Waals surface area contributed by atoms with E-state index in [9.17, 15) is 13.6 Å². The number of hydrazine groups is 1.